The standard InChI is InChI=1S/C20H18O8/c1-27-17(23)12-3-7-14(8-4-12)20(19(25)26,11-16(21)22)15-9-5-13(6-10-15)18(24)28-2/h3-10H,11H2,1-2H3,(H,21,22)(H,25,26). The molecule has 2 aromatic rings. The lowest BCUT2D eigenvalue weighted by Gasteiger charge is -2.29. The van der Waals surface area contributed by atoms with Gasteiger partial charge < -0.3 is 19.7 Å². The number of carboxylic acid groups (broad SMARTS) is 2. The third-order valence-corrected chi connectivity index (χ3v) is 4.38. The summed E-state index contributed by atoms with van der Waals surface area (Å²) in [6.07, 6.45) is -0.739. The third kappa shape index (κ3) is 3.85. The van der Waals surface area contributed by atoms with Crippen LogP contribution in [-0.2, 0) is 24.5 Å². The Bertz CT molecular complexity index is 837. The van der Waals surface area contributed by atoms with Gasteiger partial charge in [0, 0.05) is 0 Å². The molecule has 0 radical (unpaired) electrons. The number of hydrogen-bond donors (Lipinski definition) is 2. The molecule has 0 bridgehead atoms. The van der Waals surface area contributed by atoms with Crippen molar-refractivity contribution in [1.29, 1.82) is 0 Å². The summed E-state index contributed by atoms with van der Waals surface area (Å²) in [5, 5.41) is 19.4. The fourth-order valence-electron chi connectivity index (χ4n) is 2.94. The van der Waals surface area contributed by atoms with Crippen molar-refractivity contribution in [1.82, 2.24) is 0 Å². The highest BCUT2D eigenvalue weighted by atomic mass is 16.5. The molecule has 0 aromatic heterocycles. The fourth-order valence-corrected chi connectivity index (χ4v) is 2.94. The van der Waals surface area contributed by atoms with Crippen molar-refractivity contribution < 1.29 is 38.9 Å². The molecular weight excluding hydrogens is 368 g/mol. The minimum absolute atomic E-state index is 0.167. The Balaban J connectivity index is 2.63. The predicted octanol–water partition coefficient (Wildman–Crippen LogP) is 2.11. The van der Waals surface area contributed by atoms with Crippen LogP contribution in [0.15, 0.2) is 48.5 Å². The first-order chi connectivity index (χ1) is 13.3. The first-order valence-corrected chi connectivity index (χ1v) is 8.09. The van der Waals surface area contributed by atoms with Gasteiger partial charge in [-0.05, 0) is 35.4 Å². The van der Waals surface area contributed by atoms with Gasteiger partial charge in [-0.25, -0.2) is 9.59 Å². The van der Waals surface area contributed by atoms with Crippen LogP contribution in [0.1, 0.15) is 38.3 Å². The second kappa shape index (κ2) is 8.34. The van der Waals surface area contributed by atoms with Crippen LogP contribution in [-0.4, -0.2) is 48.3 Å². The molecule has 0 heterocycles. The number of methoxy groups -OCH3 is 2. The maximum Gasteiger partial charge on any atom is 0.337 e. The summed E-state index contributed by atoms with van der Waals surface area (Å²) >= 11 is 0. The summed E-state index contributed by atoms with van der Waals surface area (Å²) in [4.78, 5) is 47.0. The lowest BCUT2D eigenvalue weighted by molar-refractivity contribution is -0.148. The Labute approximate surface area is 160 Å². The zero-order valence-electron chi connectivity index (χ0n) is 15.2. The molecule has 146 valence electrons. The molecular formula is C20H18O8. The molecule has 2 aromatic carbocycles. The Morgan fingerprint density at radius 2 is 1.11 bits per heavy atom. The number of esters is 2. The normalized spacial score (nSPS) is 10.8. The van der Waals surface area contributed by atoms with Crippen LogP contribution in [0.4, 0.5) is 0 Å². The van der Waals surface area contributed by atoms with Crippen LogP contribution < -0.4 is 0 Å². The zero-order chi connectivity index (χ0) is 20.9. The van der Waals surface area contributed by atoms with Gasteiger partial charge in [0.2, 0.25) is 0 Å². The molecule has 0 amide bonds. The summed E-state index contributed by atoms with van der Waals surface area (Å²) in [6, 6.07) is 10.9. The predicted molar refractivity (Wildman–Crippen MR) is 96.2 cm³/mol. The topological polar surface area (TPSA) is 127 Å². The van der Waals surface area contributed by atoms with E-state index in [2.05, 4.69) is 9.47 Å². The Morgan fingerprint density at radius 3 is 1.36 bits per heavy atom. The van der Waals surface area contributed by atoms with E-state index in [0.29, 0.717) is 0 Å². The maximum atomic E-state index is 12.3. The summed E-state index contributed by atoms with van der Waals surface area (Å²) in [5.41, 5.74) is -1.19. The van der Waals surface area contributed by atoms with Gasteiger partial charge in [-0.2, -0.15) is 0 Å². The molecule has 8 nitrogen and oxygen atoms in total. The van der Waals surface area contributed by atoms with Gasteiger partial charge in [-0.1, -0.05) is 24.3 Å². The van der Waals surface area contributed by atoms with Crippen LogP contribution in [0.3, 0.4) is 0 Å². The van der Waals surface area contributed by atoms with Gasteiger partial charge in [0.25, 0.3) is 0 Å². The number of carbonyl (C=O) groups is 4. The number of carboxylic acids is 2. The van der Waals surface area contributed by atoms with Gasteiger partial charge in [-0.15, -0.1) is 0 Å². The van der Waals surface area contributed by atoms with E-state index < -0.39 is 35.7 Å². The van der Waals surface area contributed by atoms with Crippen molar-refractivity contribution in [2.75, 3.05) is 14.2 Å². The first kappa shape index (κ1) is 20.6. The molecule has 0 saturated carbocycles. The molecule has 0 saturated heterocycles. The van der Waals surface area contributed by atoms with Crippen LogP contribution in [0, 0.1) is 0 Å². The molecule has 0 aliphatic carbocycles. The van der Waals surface area contributed by atoms with Crippen molar-refractivity contribution in [3.63, 3.8) is 0 Å². The van der Waals surface area contributed by atoms with E-state index in [1.165, 1.54) is 62.8 Å². The second-order valence-corrected chi connectivity index (χ2v) is 5.92. The van der Waals surface area contributed by atoms with Crippen molar-refractivity contribution in [3.05, 3.63) is 70.8 Å². The molecule has 0 fully saturated rings. The molecule has 0 spiro atoms. The summed E-state index contributed by atoms with van der Waals surface area (Å²) in [5.74, 6) is -3.91. The third-order valence-electron chi connectivity index (χ3n) is 4.38. The van der Waals surface area contributed by atoms with Crippen molar-refractivity contribution in [2.45, 2.75) is 11.8 Å². The minimum Gasteiger partial charge on any atom is -0.481 e. The molecule has 0 aliphatic heterocycles. The lowest BCUT2D eigenvalue weighted by Crippen LogP contribution is -2.39. The largest absolute Gasteiger partial charge is 0.481 e. The number of aliphatic carboxylic acids is 2. The van der Waals surface area contributed by atoms with Crippen molar-refractivity contribution in [2.24, 2.45) is 0 Å². The van der Waals surface area contributed by atoms with E-state index in [-0.39, 0.29) is 22.3 Å². The monoisotopic (exact) mass is 386 g/mol. The molecule has 28 heavy (non-hydrogen) atoms. The molecule has 8 heteroatoms. The highest BCUT2D eigenvalue weighted by Crippen LogP contribution is 2.37. The number of carbonyl (C=O) groups excluding carboxylic acids is 2. The van der Waals surface area contributed by atoms with Gasteiger partial charge in [0.1, 0.15) is 5.41 Å². The summed E-state index contributed by atoms with van der Waals surface area (Å²) in [7, 11) is 2.43. The Kier molecular flexibility index (Phi) is 6.15. The first-order valence-electron chi connectivity index (χ1n) is 8.09. The van der Waals surface area contributed by atoms with Crippen LogP contribution in [0.25, 0.3) is 0 Å². The van der Waals surface area contributed by atoms with Gasteiger partial charge in [0.15, 0.2) is 0 Å². The van der Waals surface area contributed by atoms with E-state index in [0.717, 1.165) is 0 Å². The summed E-state index contributed by atoms with van der Waals surface area (Å²) < 4.78 is 9.22. The van der Waals surface area contributed by atoms with E-state index in [4.69, 9.17) is 0 Å². The maximum absolute atomic E-state index is 12.3. The number of hydrogen-bond acceptors (Lipinski definition) is 6. The molecule has 0 aliphatic rings. The van der Waals surface area contributed by atoms with Gasteiger partial charge in [0.05, 0.1) is 31.8 Å². The highest BCUT2D eigenvalue weighted by molar-refractivity contribution is 5.93. The number of ether oxygens (including phenoxy) is 2. The highest BCUT2D eigenvalue weighted by Gasteiger charge is 2.44. The van der Waals surface area contributed by atoms with E-state index in [9.17, 15) is 29.4 Å². The lowest BCUT2D eigenvalue weighted by atomic mass is 9.71. The van der Waals surface area contributed by atoms with Crippen LogP contribution >= 0.6 is 0 Å². The van der Waals surface area contributed by atoms with Crippen LogP contribution in [0.5, 0.6) is 0 Å². The van der Waals surface area contributed by atoms with E-state index >= 15 is 0 Å². The number of benzene rings is 2. The molecule has 2 rings (SSSR count). The fraction of sp³-hybridized carbons (Fsp3) is 0.200. The molecule has 2 N–H and O–H groups in total. The molecule has 0 unspecified atom stereocenters. The van der Waals surface area contributed by atoms with Crippen molar-refractivity contribution >= 4 is 23.9 Å². The van der Waals surface area contributed by atoms with E-state index in [1.807, 2.05) is 0 Å². The second-order valence-electron chi connectivity index (χ2n) is 5.92. The quantitative estimate of drug-likeness (QED) is 0.693. The Hall–Kier alpha value is -3.68. The van der Waals surface area contributed by atoms with Crippen molar-refractivity contribution in [3.8, 4) is 0 Å². The van der Waals surface area contributed by atoms with Gasteiger partial charge >= 0.3 is 23.9 Å². The molecule has 0 atom stereocenters. The van der Waals surface area contributed by atoms with Crippen LogP contribution in [0.2, 0.25) is 0 Å². The average Bonchev–Trinajstić information content (AvgIpc) is 2.70. The van der Waals surface area contributed by atoms with E-state index in [1.54, 1.807) is 0 Å². The zero-order valence-corrected chi connectivity index (χ0v) is 15.2. The van der Waals surface area contributed by atoms with Gasteiger partial charge in [-0.3, -0.25) is 9.59 Å². The SMILES string of the molecule is COC(=O)c1ccc(C(CC(=O)O)(C(=O)O)c2ccc(C(=O)OC)cc2)cc1. The minimum atomic E-state index is -1.92. The summed E-state index contributed by atoms with van der Waals surface area (Å²) in [6.45, 7) is 0. The Morgan fingerprint density at radius 1 is 0.750 bits per heavy atom. The number of rotatable bonds is 7. The smallest absolute Gasteiger partial charge is 0.337 e. The average molecular weight is 386 g/mol.